The molecular formula is C19H18ClF2N3O2S. The van der Waals surface area contributed by atoms with E-state index in [1.165, 1.54) is 17.4 Å². The van der Waals surface area contributed by atoms with E-state index in [0.29, 0.717) is 23.0 Å². The van der Waals surface area contributed by atoms with E-state index >= 15 is 0 Å². The van der Waals surface area contributed by atoms with Gasteiger partial charge in [0.25, 0.3) is 5.91 Å². The molecule has 0 aliphatic heterocycles. The van der Waals surface area contributed by atoms with Crippen molar-refractivity contribution in [3.8, 4) is 5.75 Å². The highest BCUT2D eigenvalue weighted by molar-refractivity contribution is 7.12. The molecule has 0 spiro atoms. The first-order valence-electron chi connectivity index (χ1n) is 8.50. The summed E-state index contributed by atoms with van der Waals surface area (Å²) >= 11 is 7.43. The first-order valence-corrected chi connectivity index (χ1v) is 9.75. The second-order valence-electron chi connectivity index (χ2n) is 6.10. The van der Waals surface area contributed by atoms with Gasteiger partial charge in [0.2, 0.25) is 0 Å². The molecular weight excluding hydrogens is 408 g/mol. The number of benzene rings is 1. The summed E-state index contributed by atoms with van der Waals surface area (Å²) in [5, 5.41) is 6.45. The molecule has 0 radical (unpaired) electrons. The van der Waals surface area contributed by atoms with Crippen LogP contribution in [0.2, 0.25) is 5.02 Å². The maximum atomic E-state index is 13.6. The Balaban J connectivity index is 1.64. The summed E-state index contributed by atoms with van der Waals surface area (Å²) in [4.78, 5) is 14.8. The van der Waals surface area contributed by atoms with Gasteiger partial charge in [-0.25, -0.2) is 8.78 Å². The fourth-order valence-electron chi connectivity index (χ4n) is 2.62. The lowest BCUT2D eigenvalue weighted by Crippen LogP contribution is -2.27. The van der Waals surface area contributed by atoms with Crippen LogP contribution in [0.3, 0.4) is 0 Å². The molecule has 148 valence electrons. The highest BCUT2D eigenvalue weighted by atomic mass is 35.5. The van der Waals surface area contributed by atoms with E-state index in [1.807, 2.05) is 6.92 Å². The van der Waals surface area contributed by atoms with Crippen LogP contribution < -0.4 is 4.74 Å². The molecule has 0 unspecified atom stereocenters. The van der Waals surface area contributed by atoms with E-state index in [4.69, 9.17) is 16.3 Å². The van der Waals surface area contributed by atoms with Crippen molar-refractivity contribution < 1.29 is 18.3 Å². The Morgan fingerprint density at radius 3 is 2.86 bits per heavy atom. The predicted molar refractivity (Wildman–Crippen MR) is 104 cm³/mol. The van der Waals surface area contributed by atoms with E-state index in [2.05, 4.69) is 5.10 Å². The van der Waals surface area contributed by atoms with Gasteiger partial charge in [0.1, 0.15) is 12.4 Å². The third-order valence-electron chi connectivity index (χ3n) is 4.08. The molecule has 2 heterocycles. The largest absolute Gasteiger partial charge is 0.486 e. The molecule has 2 aromatic heterocycles. The Kier molecular flexibility index (Phi) is 6.31. The number of hydrogen-bond donors (Lipinski definition) is 0. The molecule has 0 saturated heterocycles. The molecule has 28 heavy (non-hydrogen) atoms. The summed E-state index contributed by atoms with van der Waals surface area (Å²) < 4.78 is 33.7. The SMILES string of the molecule is CCn1ncc(Cl)c1CN(C)C(=O)c1cc(COc2ccc(F)cc2F)cs1. The molecule has 3 aromatic rings. The Labute approximate surface area is 170 Å². The lowest BCUT2D eigenvalue weighted by molar-refractivity contribution is 0.0786. The Morgan fingerprint density at radius 2 is 2.14 bits per heavy atom. The van der Waals surface area contributed by atoms with Crippen LogP contribution >= 0.6 is 22.9 Å². The van der Waals surface area contributed by atoms with Gasteiger partial charge in [-0.05, 0) is 30.5 Å². The summed E-state index contributed by atoms with van der Waals surface area (Å²) in [5.74, 6) is -1.64. The summed E-state index contributed by atoms with van der Waals surface area (Å²) in [6.07, 6.45) is 1.56. The summed E-state index contributed by atoms with van der Waals surface area (Å²) in [7, 11) is 1.69. The number of nitrogens with zero attached hydrogens (tertiary/aromatic N) is 3. The molecule has 0 N–H and O–H groups in total. The molecule has 0 saturated carbocycles. The van der Waals surface area contributed by atoms with Crippen molar-refractivity contribution in [2.75, 3.05) is 7.05 Å². The minimum atomic E-state index is -0.768. The minimum absolute atomic E-state index is 0.0416. The second kappa shape index (κ2) is 8.70. The Morgan fingerprint density at radius 1 is 1.36 bits per heavy atom. The van der Waals surface area contributed by atoms with Crippen LogP contribution in [0, 0.1) is 11.6 Å². The van der Waals surface area contributed by atoms with E-state index in [9.17, 15) is 13.6 Å². The van der Waals surface area contributed by atoms with Crippen LogP contribution in [-0.2, 0) is 19.7 Å². The monoisotopic (exact) mass is 425 g/mol. The second-order valence-corrected chi connectivity index (χ2v) is 7.42. The summed E-state index contributed by atoms with van der Waals surface area (Å²) in [5.41, 5.74) is 1.49. The van der Waals surface area contributed by atoms with Gasteiger partial charge in [-0.3, -0.25) is 9.48 Å². The van der Waals surface area contributed by atoms with Gasteiger partial charge >= 0.3 is 0 Å². The number of carbonyl (C=O) groups is 1. The van der Waals surface area contributed by atoms with E-state index < -0.39 is 11.6 Å². The van der Waals surface area contributed by atoms with Crippen LogP contribution in [0.15, 0.2) is 35.8 Å². The van der Waals surface area contributed by atoms with Crippen LogP contribution in [-0.4, -0.2) is 27.6 Å². The van der Waals surface area contributed by atoms with Crippen molar-refractivity contribution >= 4 is 28.8 Å². The lowest BCUT2D eigenvalue weighted by atomic mass is 10.3. The van der Waals surface area contributed by atoms with E-state index in [-0.39, 0.29) is 18.3 Å². The molecule has 0 aliphatic rings. The van der Waals surface area contributed by atoms with Crippen molar-refractivity contribution in [1.29, 1.82) is 0 Å². The molecule has 9 heteroatoms. The van der Waals surface area contributed by atoms with Crippen LogP contribution in [0.1, 0.15) is 27.9 Å². The predicted octanol–water partition coefficient (Wildman–Crippen LogP) is 4.75. The third kappa shape index (κ3) is 4.51. The normalized spacial score (nSPS) is 10.9. The van der Waals surface area contributed by atoms with Gasteiger partial charge in [-0.1, -0.05) is 11.6 Å². The van der Waals surface area contributed by atoms with Gasteiger partial charge in [-0.15, -0.1) is 11.3 Å². The van der Waals surface area contributed by atoms with Gasteiger partial charge in [0.15, 0.2) is 11.6 Å². The number of thiophene rings is 1. The number of aryl methyl sites for hydroxylation is 1. The smallest absolute Gasteiger partial charge is 0.264 e. The summed E-state index contributed by atoms with van der Waals surface area (Å²) in [6.45, 7) is 3.01. The van der Waals surface area contributed by atoms with Crippen molar-refractivity contribution in [1.82, 2.24) is 14.7 Å². The van der Waals surface area contributed by atoms with Crippen molar-refractivity contribution in [2.45, 2.75) is 26.6 Å². The topological polar surface area (TPSA) is 47.4 Å². The average Bonchev–Trinajstić information content (AvgIpc) is 3.27. The number of rotatable bonds is 7. The third-order valence-corrected chi connectivity index (χ3v) is 5.37. The highest BCUT2D eigenvalue weighted by Crippen LogP contribution is 2.23. The fourth-order valence-corrected chi connectivity index (χ4v) is 3.71. The number of amides is 1. The highest BCUT2D eigenvalue weighted by Gasteiger charge is 2.18. The van der Waals surface area contributed by atoms with Crippen LogP contribution in [0.5, 0.6) is 5.75 Å². The average molecular weight is 426 g/mol. The number of aromatic nitrogens is 2. The first-order chi connectivity index (χ1) is 13.4. The molecule has 5 nitrogen and oxygen atoms in total. The van der Waals surface area contributed by atoms with E-state index in [1.54, 1.807) is 34.3 Å². The lowest BCUT2D eigenvalue weighted by Gasteiger charge is -2.17. The molecule has 0 bridgehead atoms. The van der Waals surface area contributed by atoms with Gasteiger partial charge < -0.3 is 9.64 Å². The zero-order chi connectivity index (χ0) is 20.3. The van der Waals surface area contributed by atoms with Gasteiger partial charge in [0.05, 0.1) is 28.3 Å². The van der Waals surface area contributed by atoms with Gasteiger partial charge in [0, 0.05) is 25.2 Å². The molecule has 0 fully saturated rings. The van der Waals surface area contributed by atoms with Crippen LogP contribution in [0.4, 0.5) is 8.78 Å². The van der Waals surface area contributed by atoms with Crippen LogP contribution in [0.25, 0.3) is 0 Å². The zero-order valence-electron chi connectivity index (χ0n) is 15.3. The van der Waals surface area contributed by atoms with Crippen molar-refractivity contribution in [3.63, 3.8) is 0 Å². The van der Waals surface area contributed by atoms with Crippen molar-refractivity contribution in [3.05, 3.63) is 68.6 Å². The first kappa shape index (κ1) is 20.3. The Bertz CT molecular complexity index is 989. The minimum Gasteiger partial charge on any atom is -0.486 e. The van der Waals surface area contributed by atoms with E-state index in [0.717, 1.165) is 23.4 Å². The number of hydrogen-bond acceptors (Lipinski definition) is 4. The number of ether oxygens (including phenoxy) is 1. The summed E-state index contributed by atoms with van der Waals surface area (Å²) in [6, 6.07) is 4.82. The molecule has 1 aromatic carbocycles. The molecule has 3 rings (SSSR count). The maximum absolute atomic E-state index is 13.6. The molecule has 0 aliphatic carbocycles. The molecule has 1 amide bonds. The maximum Gasteiger partial charge on any atom is 0.264 e. The number of carbonyl (C=O) groups excluding carboxylic acids is 1. The zero-order valence-corrected chi connectivity index (χ0v) is 16.9. The quantitative estimate of drug-likeness (QED) is 0.549. The molecule has 0 atom stereocenters. The number of halogens is 3. The van der Waals surface area contributed by atoms with Gasteiger partial charge in [-0.2, -0.15) is 5.10 Å². The Hall–Kier alpha value is -2.45. The van der Waals surface area contributed by atoms with Crippen molar-refractivity contribution in [2.24, 2.45) is 0 Å². The standard InChI is InChI=1S/C19H18ClF2N3O2S/c1-3-25-16(14(20)8-23-25)9-24(2)19(26)18-6-12(11-28-18)10-27-17-5-4-13(21)7-15(17)22/h4-8,11H,3,9-10H2,1-2H3. The fraction of sp³-hybridized carbons (Fsp3) is 0.263.